The number of carbonyl (C=O) groups is 1. The molecule has 0 spiro atoms. The van der Waals surface area contributed by atoms with Crippen LogP contribution in [-0.4, -0.2) is 23.1 Å². The van der Waals surface area contributed by atoms with Gasteiger partial charge in [-0.1, -0.05) is 24.3 Å². The first-order valence-electron chi connectivity index (χ1n) is 4.52. The first-order chi connectivity index (χ1) is 6.70. The number of aliphatic hydroxyl groups is 1. The number of hydrogen-bond acceptors (Lipinski definition) is 3. The standard InChI is InChI=1S/C11H11NO2/c1-7(13)9-6-12-10-5-3-2-4-8(10)11(9)14/h2-6,8,10,14H,1H3. The normalized spacial score (nSPS) is 29.2. The van der Waals surface area contributed by atoms with Gasteiger partial charge in [-0.25, -0.2) is 0 Å². The monoisotopic (exact) mass is 189 g/mol. The number of aliphatic hydroxyl groups excluding tert-OH is 1. The summed E-state index contributed by atoms with van der Waals surface area (Å²) in [6, 6.07) is -0.0527. The molecule has 1 aliphatic heterocycles. The Hall–Kier alpha value is -1.64. The summed E-state index contributed by atoms with van der Waals surface area (Å²) >= 11 is 0. The van der Waals surface area contributed by atoms with Crippen molar-refractivity contribution in [1.29, 1.82) is 0 Å². The lowest BCUT2D eigenvalue weighted by Gasteiger charge is -2.24. The second-order valence-corrected chi connectivity index (χ2v) is 3.42. The number of allylic oxidation sites excluding steroid dienone is 3. The Morgan fingerprint density at radius 1 is 1.43 bits per heavy atom. The molecule has 72 valence electrons. The fourth-order valence-electron chi connectivity index (χ4n) is 1.67. The summed E-state index contributed by atoms with van der Waals surface area (Å²) in [6.07, 6.45) is 8.98. The number of hydrogen-bond donors (Lipinski definition) is 1. The van der Waals surface area contributed by atoms with Crippen LogP contribution in [0, 0.1) is 5.92 Å². The molecule has 0 saturated carbocycles. The van der Waals surface area contributed by atoms with Crippen LogP contribution < -0.4 is 0 Å². The lowest BCUT2D eigenvalue weighted by atomic mass is 9.88. The fraction of sp³-hybridized carbons (Fsp3) is 0.273. The summed E-state index contributed by atoms with van der Waals surface area (Å²) < 4.78 is 0. The van der Waals surface area contributed by atoms with E-state index >= 15 is 0 Å². The molecule has 1 aliphatic carbocycles. The third-order valence-electron chi connectivity index (χ3n) is 2.45. The molecule has 0 aromatic heterocycles. The Morgan fingerprint density at radius 2 is 2.14 bits per heavy atom. The lowest BCUT2D eigenvalue weighted by molar-refractivity contribution is -0.113. The van der Waals surface area contributed by atoms with Gasteiger partial charge in [-0.05, 0) is 6.92 Å². The average Bonchev–Trinajstić information content (AvgIpc) is 2.18. The maximum absolute atomic E-state index is 11.1. The second-order valence-electron chi connectivity index (χ2n) is 3.42. The minimum Gasteiger partial charge on any atom is -0.511 e. The topological polar surface area (TPSA) is 49.7 Å². The van der Waals surface area contributed by atoms with Gasteiger partial charge >= 0.3 is 0 Å². The Labute approximate surface area is 82.2 Å². The van der Waals surface area contributed by atoms with Gasteiger partial charge in [-0.3, -0.25) is 9.79 Å². The molecule has 0 fully saturated rings. The Morgan fingerprint density at radius 3 is 2.86 bits per heavy atom. The summed E-state index contributed by atoms with van der Waals surface area (Å²) in [5, 5.41) is 9.82. The van der Waals surface area contributed by atoms with Gasteiger partial charge in [0.25, 0.3) is 0 Å². The second kappa shape index (κ2) is 3.25. The Bertz CT molecular complexity index is 388. The summed E-state index contributed by atoms with van der Waals surface area (Å²) in [7, 11) is 0. The number of aliphatic imine (C=N–C) groups is 1. The third-order valence-corrected chi connectivity index (χ3v) is 2.45. The highest BCUT2D eigenvalue weighted by Gasteiger charge is 2.28. The summed E-state index contributed by atoms with van der Waals surface area (Å²) in [5.41, 5.74) is 0.325. The van der Waals surface area contributed by atoms with Gasteiger partial charge in [-0.15, -0.1) is 0 Å². The van der Waals surface area contributed by atoms with Gasteiger partial charge in [0, 0.05) is 6.21 Å². The predicted octanol–water partition coefficient (Wildman–Crippen LogP) is 1.58. The van der Waals surface area contributed by atoms with Crippen molar-refractivity contribution in [1.82, 2.24) is 0 Å². The molecule has 0 aromatic carbocycles. The van der Waals surface area contributed by atoms with Gasteiger partial charge in [-0.2, -0.15) is 0 Å². The molecule has 0 radical (unpaired) electrons. The summed E-state index contributed by atoms with van der Waals surface area (Å²) in [5.74, 6) is -0.172. The van der Waals surface area contributed by atoms with Crippen molar-refractivity contribution in [2.45, 2.75) is 13.0 Å². The van der Waals surface area contributed by atoms with Crippen LogP contribution in [0.15, 0.2) is 40.6 Å². The van der Waals surface area contributed by atoms with E-state index in [9.17, 15) is 9.90 Å². The van der Waals surface area contributed by atoms with Crippen LogP contribution in [0.2, 0.25) is 0 Å². The van der Waals surface area contributed by atoms with Crippen molar-refractivity contribution in [2.75, 3.05) is 0 Å². The van der Waals surface area contributed by atoms with Crippen molar-refractivity contribution in [3.8, 4) is 0 Å². The molecule has 2 atom stereocenters. The molecule has 2 aliphatic rings. The van der Waals surface area contributed by atoms with Crippen molar-refractivity contribution < 1.29 is 9.90 Å². The van der Waals surface area contributed by atoms with Gasteiger partial charge in [0.15, 0.2) is 5.78 Å². The largest absolute Gasteiger partial charge is 0.511 e. The minimum atomic E-state index is -0.163. The van der Waals surface area contributed by atoms with Gasteiger partial charge in [0.1, 0.15) is 5.76 Å². The molecule has 3 heteroatoms. The molecule has 0 bridgehead atoms. The van der Waals surface area contributed by atoms with Crippen LogP contribution in [0.5, 0.6) is 0 Å². The summed E-state index contributed by atoms with van der Waals surface area (Å²) in [6.45, 7) is 1.43. The fourth-order valence-corrected chi connectivity index (χ4v) is 1.67. The van der Waals surface area contributed by atoms with Crippen LogP contribution in [0.25, 0.3) is 0 Å². The molecular formula is C11H11NO2. The van der Waals surface area contributed by atoms with Crippen molar-refractivity contribution in [2.24, 2.45) is 10.9 Å². The highest BCUT2D eigenvalue weighted by molar-refractivity contribution is 6.13. The minimum absolute atomic E-state index is 0.0527. The van der Waals surface area contributed by atoms with E-state index in [1.807, 2.05) is 24.3 Å². The number of carbonyl (C=O) groups excluding carboxylic acids is 1. The van der Waals surface area contributed by atoms with Gasteiger partial charge in [0.05, 0.1) is 17.5 Å². The van der Waals surface area contributed by atoms with Crippen LogP contribution in [0.4, 0.5) is 0 Å². The number of ketones is 1. The van der Waals surface area contributed by atoms with Crippen LogP contribution >= 0.6 is 0 Å². The molecule has 0 aromatic rings. The Kier molecular flexibility index (Phi) is 2.08. The van der Waals surface area contributed by atoms with Crippen molar-refractivity contribution in [3.63, 3.8) is 0 Å². The maximum Gasteiger partial charge on any atom is 0.164 e. The third kappa shape index (κ3) is 1.31. The first-order valence-corrected chi connectivity index (χ1v) is 4.52. The zero-order chi connectivity index (χ0) is 10.1. The number of rotatable bonds is 1. The van der Waals surface area contributed by atoms with E-state index in [0.717, 1.165) is 0 Å². The quantitative estimate of drug-likeness (QED) is 0.680. The lowest BCUT2D eigenvalue weighted by Crippen LogP contribution is -2.25. The Balaban J connectivity index is 2.40. The van der Waals surface area contributed by atoms with Crippen LogP contribution in [0.3, 0.4) is 0 Å². The van der Waals surface area contributed by atoms with Crippen molar-refractivity contribution in [3.05, 3.63) is 35.6 Å². The SMILES string of the molecule is CC(=O)C1=C(O)C2C=CC=CC2N=C1. The number of dihydropyridines is 1. The number of nitrogens with zero attached hydrogens (tertiary/aromatic N) is 1. The maximum atomic E-state index is 11.1. The van der Waals surface area contributed by atoms with Crippen molar-refractivity contribution >= 4 is 12.0 Å². The molecule has 2 unspecified atom stereocenters. The molecule has 3 nitrogen and oxygen atoms in total. The van der Waals surface area contributed by atoms with Gasteiger partial charge in [0.2, 0.25) is 0 Å². The molecule has 14 heavy (non-hydrogen) atoms. The van der Waals surface area contributed by atoms with Crippen LogP contribution in [0.1, 0.15) is 6.92 Å². The highest BCUT2D eigenvalue weighted by Crippen LogP contribution is 2.27. The molecule has 0 amide bonds. The van der Waals surface area contributed by atoms with Crippen LogP contribution in [-0.2, 0) is 4.79 Å². The summed E-state index contributed by atoms with van der Waals surface area (Å²) in [4.78, 5) is 15.3. The molecule has 0 saturated heterocycles. The van der Waals surface area contributed by atoms with E-state index in [2.05, 4.69) is 4.99 Å². The van der Waals surface area contributed by atoms with E-state index in [4.69, 9.17) is 0 Å². The molecular weight excluding hydrogens is 178 g/mol. The average molecular weight is 189 g/mol. The van der Waals surface area contributed by atoms with E-state index in [-0.39, 0.29) is 23.5 Å². The van der Waals surface area contributed by atoms with E-state index in [0.29, 0.717) is 5.57 Å². The molecule has 2 rings (SSSR count). The number of Topliss-reactive ketones (excluding diaryl/α,β-unsaturated/α-hetero) is 1. The van der Waals surface area contributed by atoms with E-state index in [1.165, 1.54) is 13.1 Å². The smallest absolute Gasteiger partial charge is 0.164 e. The van der Waals surface area contributed by atoms with E-state index < -0.39 is 0 Å². The number of fused-ring (bicyclic) bond motifs is 1. The van der Waals surface area contributed by atoms with E-state index in [1.54, 1.807) is 0 Å². The molecule has 1 heterocycles. The predicted molar refractivity (Wildman–Crippen MR) is 54.4 cm³/mol. The first kappa shape index (κ1) is 8.94. The molecule has 1 N–H and O–H groups in total. The zero-order valence-electron chi connectivity index (χ0n) is 7.84. The zero-order valence-corrected chi connectivity index (χ0v) is 7.84. The highest BCUT2D eigenvalue weighted by atomic mass is 16.3. The van der Waals surface area contributed by atoms with Gasteiger partial charge < -0.3 is 5.11 Å².